The van der Waals surface area contributed by atoms with Crippen LogP contribution in [0.25, 0.3) is 5.82 Å². The van der Waals surface area contributed by atoms with Gasteiger partial charge in [-0.15, -0.1) is 0 Å². The molecule has 2 N–H and O–H groups in total. The van der Waals surface area contributed by atoms with Crippen molar-refractivity contribution in [3.63, 3.8) is 0 Å². The van der Waals surface area contributed by atoms with E-state index in [1.165, 1.54) is 10.8 Å². The lowest BCUT2D eigenvalue weighted by molar-refractivity contribution is 0.705. The van der Waals surface area contributed by atoms with Gasteiger partial charge in [-0.1, -0.05) is 12.2 Å². The highest BCUT2D eigenvalue weighted by Crippen LogP contribution is 2.03. The lowest BCUT2D eigenvalue weighted by Gasteiger charge is -2.07. The van der Waals surface area contributed by atoms with Crippen molar-refractivity contribution >= 4 is 17.2 Å². The fourth-order valence-corrected chi connectivity index (χ4v) is 1.66. The van der Waals surface area contributed by atoms with Crippen molar-refractivity contribution in [3.8, 4) is 5.82 Å². The highest BCUT2D eigenvalue weighted by Gasteiger charge is 2.12. The Morgan fingerprint density at radius 3 is 2.76 bits per heavy atom. The second-order valence-corrected chi connectivity index (χ2v) is 3.77. The van der Waals surface area contributed by atoms with Crippen molar-refractivity contribution in [2.24, 2.45) is 5.73 Å². The Balaban J connectivity index is 2.65. The number of aryl methyl sites for hydroxylation is 1. The van der Waals surface area contributed by atoms with Crippen LogP contribution < -0.4 is 11.3 Å². The van der Waals surface area contributed by atoms with E-state index in [1.54, 1.807) is 23.2 Å². The SMILES string of the molecule is CCn1ccnc(-n2ccnc2C(N)=S)c1=O. The molecular formula is C10H11N5OS. The monoisotopic (exact) mass is 249 g/mol. The molecule has 0 atom stereocenters. The first-order chi connectivity index (χ1) is 8.15. The fraction of sp³-hybridized carbons (Fsp3) is 0.200. The van der Waals surface area contributed by atoms with E-state index in [-0.39, 0.29) is 16.4 Å². The van der Waals surface area contributed by atoms with Gasteiger partial charge in [0.05, 0.1) is 0 Å². The molecule has 2 aromatic rings. The van der Waals surface area contributed by atoms with E-state index >= 15 is 0 Å². The smallest absolute Gasteiger partial charge is 0.294 e. The Labute approximate surface area is 103 Å². The first-order valence-corrected chi connectivity index (χ1v) is 5.45. The zero-order chi connectivity index (χ0) is 12.4. The predicted octanol–water partition coefficient (Wildman–Crippen LogP) is 0.0831. The Hall–Kier alpha value is -2.02. The van der Waals surface area contributed by atoms with Gasteiger partial charge in [0.2, 0.25) is 5.82 Å². The van der Waals surface area contributed by atoms with E-state index in [0.29, 0.717) is 12.4 Å². The molecule has 0 saturated heterocycles. The summed E-state index contributed by atoms with van der Waals surface area (Å²) in [5, 5.41) is 0. The Kier molecular flexibility index (Phi) is 3.01. The lowest BCUT2D eigenvalue weighted by atomic mass is 10.5. The third-order valence-corrected chi connectivity index (χ3v) is 2.51. The molecule has 0 saturated carbocycles. The van der Waals surface area contributed by atoms with Crippen LogP contribution in [0.15, 0.2) is 29.6 Å². The van der Waals surface area contributed by atoms with Gasteiger partial charge in [0, 0.05) is 31.3 Å². The number of imidazole rings is 1. The van der Waals surface area contributed by atoms with E-state index < -0.39 is 0 Å². The van der Waals surface area contributed by atoms with Gasteiger partial charge in [-0.2, -0.15) is 0 Å². The minimum Gasteiger partial charge on any atom is -0.387 e. The van der Waals surface area contributed by atoms with Crippen LogP contribution in [-0.4, -0.2) is 24.1 Å². The van der Waals surface area contributed by atoms with Crippen molar-refractivity contribution in [2.75, 3.05) is 0 Å². The van der Waals surface area contributed by atoms with Crippen LogP contribution in [0.4, 0.5) is 0 Å². The van der Waals surface area contributed by atoms with Crippen LogP contribution in [0.5, 0.6) is 0 Å². The molecule has 0 aliphatic heterocycles. The molecule has 7 heteroatoms. The summed E-state index contributed by atoms with van der Waals surface area (Å²) in [6.45, 7) is 2.46. The second kappa shape index (κ2) is 4.46. The van der Waals surface area contributed by atoms with Crippen molar-refractivity contribution in [3.05, 3.63) is 41.0 Å². The molecular weight excluding hydrogens is 238 g/mol. The summed E-state index contributed by atoms with van der Waals surface area (Å²) in [5.74, 6) is 0.605. The minimum absolute atomic E-state index is 0.128. The van der Waals surface area contributed by atoms with Gasteiger partial charge in [0.25, 0.3) is 5.56 Å². The summed E-state index contributed by atoms with van der Waals surface area (Å²) in [6, 6.07) is 0. The molecule has 0 unspecified atom stereocenters. The van der Waals surface area contributed by atoms with Gasteiger partial charge in [0.1, 0.15) is 4.99 Å². The molecule has 2 rings (SSSR count). The first-order valence-electron chi connectivity index (χ1n) is 5.04. The van der Waals surface area contributed by atoms with Gasteiger partial charge in [-0.25, -0.2) is 9.97 Å². The Morgan fingerprint density at radius 2 is 2.12 bits per heavy atom. The van der Waals surface area contributed by atoms with Gasteiger partial charge >= 0.3 is 0 Å². The maximum absolute atomic E-state index is 12.0. The number of nitrogens with zero attached hydrogens (tertiary/aromatic N) is 4. The average Bonchev–Trinajstić information content (AvgIpc) is 2.78. The van der Waals surface area contributed by atoms with Gasteiger partial charge < -0.3 is 10.3 Å². The number of nitrogens with two attached hydrogens (primary N) is 1. The van der Waals surface area contributed by atoms with Crippen molar-refractivity contribution < 1.29 is 0 Å². The highest BCUT2D eigenvalue weighted by atomic mass is 32.1. The summed E-state index contributed by atoms with van der Waals surface area (Å²) < 4.78 is 3.04. The maximum atomic E-state index is 12.0. The molecule has 6 nitrogen and oxygen atoms in total. The zero-order valence-corrected chi connectivity index (χ0v) is 10.0. The summed E-state index contributed by atoms with van der Waals surface area (Å²) in [5.41, 5.74) is 5.33. The van der Waals surface area contributed by atoms with Crippen molar-refractivity contribution in [1.29, 1.82) is 0 Å². The standard InChI is InChI=1S/C10H11N5OS/c1-2-14-5-3-13-9(10(14)16)15-6-4-12-8(15)7(11)17/h3-6H,2H2,1H3,(H2,11,17). The molecule has 17 heavy (non-hydrogen) atoms. The summed E-state index contributed by atoms with van der Waals surface area (Å²) in [7, 11) is 0. The van der Waals surface area contributed by atoms with Crippen LogP contribution >= 0.6 is 12.2 Å². The van der Waals surface area contributed by atoms with E-state index in [0.717, 1.165) is 0 Å². The molecule has 0 aliphatic carbocycles. The third kappa shape index (κ3) is 1.96. The molecule has 0 amide bonds. The van der Waals surface area contributed by atoms with Crippen LogP contribution in [-0.2, 0) is 6.54 Å². The predicted molar refractivity (Wildman–Crippen MR) is 67.2 cm³/mol. The molecule has 2 aromatic heterocycles. The highest BCUT2D eigenvalue weighted by molar-refractivity contribution is 7.80. The molecule has 0 spiro atoms. The van der Waals surface area contributed by atoms with Gasteiger partial charge in [0.15, 0.2) is 5.82 Å². The molecule has 0 bridgehead atoms. The number of thiocarbonyl (C=S) groups is 1. The number of hydrogen-bond acceptors (Lipinski definition) is 4. The van der Waals surface area contributed by atoms with E-state index in [4.69, 9.17) is 18.0 Å². The van der Waals surface area contributed by atoms with Gasteiger partial charge in [-0.05, 0) is 6.92 Å². The van der Waals surface area contributed by atoms with Gasteiger partial charge in [-0.3, -0.25) is 9.36 Å². The summed E-state index contributed by atoms with van der Waals surface area (Å²) >= 11 is 4.87. The fourth-order valence-electron chi connectivity index (χ4n) is 1.51. The molecule has 2 heterocycles. The van der Waals surface area contributed by atoms with Crippen LogP contribution in [0.2, 0.25) is 0 Å². The maximum Gasteiger partial charge on any atom is 0.294 e. The van der Waals surface area contributed by atoms with Crippen LogP contribution in [0, 0.1) is 0 Å². The molecule has 0 fully saturated rings. The number of hydrogen-bond donors (Lipinski definition) is 1. The van der Waals surface area contributed by atoms with E-state index in [2.05, 4.69) is 9.97 Å². The lowest BCUT2D eigenvalue weighted by Crippen LogP contribution is -2.27. The second-order valence-electron chi connectivity index (χ2n) is 3.33. The first kappa shape index (κ1) is 11.5. The van der Waals surface area contributed by atoms with Crippen molar-refractivity contribution in [2.45, 2.75) is 13.5 Å². The molecule has 88 valence electrons. The molecule has 0 radical (unpaired) electrons. The number of aromatic nitrogens is 4. The molecule has 0 aliphatic rings. The van der Waals surface area contributed by atoms with Crippen LogP contribution in [0.1, 0.15) is 12.7 Å². The number of rotatable bonds is 3. The topological polar surface area (TPSA) is 78.7 Å². The minimum atomic E-state index is -0.203. The van der Waals surface area contributed by atoms with Crippen LogP contribution in [0.3, 0.4) is 0 Å². The zero-order valence-electron chi connectivity index (χ0n) is 9.20. The summed E-state index contributed by atoms with van der Waals surface area (Å²) in [6.07, 6.45) is 6.32. The van der Waals surface area contributed by atoms with Crippen molar-refractivity contribution in [1.82, 2.24) is 19.1 Å². The molecule has 0 aromatic carbocycles. The quantitative estimate of drug-likeness (QED) is 0.779. The summed E-state index contributed by atoms with van der Waals surface area (Å²) in [4.78, 5) is 20.2. The van der Waals surface area contributed by atoms with E-state index in [1.807, 2.05) is 6.92 Å². The Morgan fingerprint density at radius 1 is 1.41 bits per heavy atom. The van der Waals surface area contributed by atoms with E-state index in [9.17, 15) is 4.79 Å². The normalized spacial score (nSPS) is 10.4. The largest absolute Gasteiger partial charge is 0.387 e. The third-order valence-electron chi connectivity index (χ3n) is 2.33. The Bertz CT molecular complexity index is 615. The average molecular weight is 249 g/mol.